The summed E-state index contributed by atoms with van der Waals surface area (Å²) in [5.41, 5.74) is 1.55. The van der Waals surface area contributed by atoms with E-state index in [1.165, 1.54) is 11.3 Å². The molecule has 0 aliphatic heterocycles. The summed E-state index contributed by atoms with van der Waals surface area (Å²) < 4.78 is 0. The molecule has 3 rings (SSSR count). The maximum absolute atomic E-state index is 12.4. The van der Waals surface area contributed by atoms with Gasteiger partial charge in [-0.1, -0.05) is 36.2 Å². The number of hydrogen-bond acceptors (Lipinski definition) is 3. The van der Waals surface area contributed by atoms with E-state index in [1.54, 1.807) is 12.1 Å². The molecule has 114 valence electrons. The van der Waals surface area contributed by atoms with E-state index in [4.69, 9.17) is 34.8 Å². The Morgan fingerprint density at radius 2 is 2.05 bits per heavy atom. The molecular weight excluding hydrogens is 363 g/mol. The van der Waals surface area contributed by atoms with Gasteiger partial charge in [-0.2, -0.15) is 0 Å². The summed E-state index contributed by atoms with van der Waals surface area (Å²) in [6.45, 7) is 2.04. The van der Waals surface area contributed by atoms with Gasteiger partial charge in [0.05, 0.1) is 21.3 Å². The van der Waals surface area contributed by atoms with Crippen molar-refractivity contribution in [1.29, 1.82) is 0 Å². The van der Waals surface area contributed by atoms with Crippen molar-refractivity contribution in [2.24, 2.45) is 0 Å². The molecule has 7 heteroatoms. The molecule has 0 bridgehead atoms. The van der Waals surface area contributed by atoms with Crippen LogP contribution in [-0.2, 0) is 12.3 Å². The Morgan fingerprint density at radius 1 is 1.27 bits per heavy atom. The Kier molecular flexibility index (Phi) is 4.46. The van der Waals surface area contributed by atoms with Crippen LogP contribution in [0.25, 0.3) is 21.3 Å². The van der Waals surface area contributed by atoms with Crippen LogP contribution in [0.4, 0.5) is 0 Å². The quantitative estimate of drug-likeness (QED) is 0.636. The first-order valence-electron chi connectivity index (χ1n) is 6.61. The molecule has 0 aliphatic carbocycles. The van der Waals surface area contributed by atoms with Gasteiger partial charge in [-0.3, -0.25) is 4.79 Å². The summed E-state index contributed by atoms with van der Waals surface area (Å²) in [5.74, 6) is 0.649. The first kappa shape index (κ1) is 15.8. The molecule has 0 spiro atoms. The molecule has 0 radical (unpaired) electrons. The van der Waals surface area contributed by atoms with E-state index in [2.05, 4.69) is 9.97 Å². The molecule has 0 atom stereocenters. The molecule has 0 saturated carbocycles. The van der Waals surface area contributed by atoms with E-state index >= 15 is 0 Å². The van der Waals surface area contributed by atoms with Gasteiger partial charge in [0.1, 0.15) is 10.7 Å². The molecule has 0 fully saturated rings. The van der Waals surface area contributed by atoms with Gasteiger partial charge in [-0.25, -0.2) is 4.98 Å². The van der Waals surface area contributed by atoms with Crippen LogP contribution < -0.4 is 5.56 Å². The summed E-state index contributed by atoms with van der Waals surface area (Å²) in [7, 11) is 0. The molecule has 2 aromatic heterocycles. The van der Waals surface area contributed by atoms with Crippen LogP contribution in [0.3, 0.4) is 0 Å². The Morgan fingerprint density at radius 3 is 2.68 bits per heavy atom. The third-order valence-electron chi connectivity index (χ3n) is 3.34. The van der Waals surface area contributed by atoms with Crippen molar-refractivity contribution < 1.29 is 0 Å². The average molecular weight is 374 g/mol. The van der Waals surface area contributed by atoms with E-state index < -0.39 is 0 Å². The highest BCUT2D eigenvalue weighted by Crippen LogP contribution is 2.38. The fraction of sp³-hybridized carbons (Fsp3) is 0.200. The van der Waals surface area contributed by atoms with E-state index in [9.17, 15) is 4.79 Å². The van der Waals surface area contributed by atoms with Crippen molar-refractivity contribution in [2.45, 2.75) is 19.2 Å². The molecule has 0 saturated heterocycles. The summed E-state index contributed by atoms with van der Waals surface area (Å²) in [6.07, 6.45) is 0.798. The van der Waals surface area contributed by atoms with Gasteiger partial charge in [0.2, 0.25) is 0 Å². The summed E-state index contributed by atoms with van der Waals surface area (Å²) in [6, 6.07) is 5.38. The third kappa shape index (κ3) is 2.65. The second kappa shape index (κ2) is 6.20. The summed E-state index contributed by atoms with van der Waals surface area (Å²) >= 11 is 19.4. The van der Waals surface area contributed by atoms with Crippen molar-refractivity contribution in [3.05, 3.63) is 49.3 Å². The lowest BCUT2D eigenvalue weighted by molar-refractivity contribution is 1.04. The van der Waals surface area contributed by atoms with Crippen LogP contribution in [0.15, 0.2) is 23.0 Å². The smallest absolute Gasteiger partial charge is 0.260 e. The van der Waals surface area contributed by atoms with Crippen molar-refractivity contribution in [1.82, 2.24) is 9.97 Å². The standard InChI is InChI=1S/C15H11Cl3N2OS/c1-2-10-12(7-3-4-8(17)9(18)5-7)13-14(21)19-11(6-16)20-15(13)22-10/h3-5H,2,6H2,1H3,(H,19,20,21). The van der Waals surface area contributed by atoms with Gasteiger partial charge in [0.25, 0.3) is 5.56 Å². The first-order valence-corrected chi connectivity index (χ1v) is 8.71. The minimum Gasteiger partial charge on any atom is -0.309 e. The SMILES string of the molecule is CCc1sc2nc(CCl)[nH]c(=O)c2c1-c1ccc(Cl)c(Cl)c1. The topological polar surface area (TPSA) is 45.8 Å². The maximum Gasteiger partial charge on any atom is 0.260 e. The number of rotatable bonds is 3. The number of alkyl halides is 1. The van der Waals surface area contributed by atoms with E-state index in [0.717, 1.165) is 22.4 Å². The second-order valence-electron chi connectivity index (χ2n) is 4.71. The molecule has 0 unspecified atom stereocenters. The predicted molar refractivity (Wildman–Crippen MR) is 94.6 cm³/mol. The Hall–Kier alpha value is -1.07. The highest BCUT2D eigenvalue weighted by atomic mass is 35.5. The van der Waals surface area contributed by atoms with E-state index in [1.807, 2.05) is 13.0 Å². The van der Waals surface area contributed by atoms with Crippen LogP contribution in [0.5, 0.6) is 0 Å². The number of aryl methyl sites for hydroxylation is 1. The Balaban J connectivity index is 2.36. The average Bonchev–Trinajstić information content (AvgIpc) is 2.89. The van der Waals surface area contributed by atoms with Crippen LogP contribution in [0.2, 0.25) is 10.0 Å². The minimum atomic E-state index is -0.183. The first-order chi connectivity index (χ1) is 10.5. The largest absolute Gasteiger partial charge is 0.309 e. The third-order valence-corrected chi connectivity index (χ3v) is 5.56. The molecule has 0 amide bonds. The number of nitrogens with one attached hydrogen (secondary N) is 1. The zero-order valence-electron chi connectivity index (χ0n) is 11.5. The van der Waals surface area contributed by atoms with Crippen molar-refractivity contribution in [3.8, 4) is 11.1 Å². The van der Waals surface area contributed by atoms with Gasteiger partial charge in [0.15, 0.2) is 0 Å². The van der Waals surface area contributed by atoms with Crippen molar-refractivity contribution >= 4 is 56.4 Å². The second-order valence-corrected chi connectivity index (χ2v) is 6.87. The molecule has 22 heavy (non-hydrogen) atoms. The number of H-pyrrole nitrogens is 1. The predicted octanol–water partition coefficient (Wildman–Crippen LogP) is 5.26. The number of nitrogens with zero attached hydrogens (tertiary/aromatic N) is 1. The number of aromatic nitrogens is 2. The Labute approximate surface area is 145 Å². The number of aromatic amines is 1. The number of benzene rings is 1. The highest BCUT2D eigenvalue weighted by Gasteiger charge is 2.18. The number of fused-ring (bicyclic) bond motifs is 1. The number of thiophene rings is 1. The van der Waals surface area contributed by atoms with Crippen LogP contribution >= 0.6 is 46.1 Å². The lowest BCUT2D eigenvalue weighted by Crippen LogP contribution is -2.10. The molecule has 3 nitrogen and oxygen atoms in total. The Bertz CT molecular complexity index is 917. The summed E-state index contributed by atoms with van der Waals surface area (Å²) in [5, 5.41) is 1.52. The molecule has 0 aliphatic rings. The number of halogens is 3. The van der Waals surface area contributed by atoms with E-state index in [-0.39, 0.29) is 11.4 Å². The molecule has 1 aromatic carbocycles. The van der Waals surface area contributed by atoms with Gasteiger partial charge < -0.3 is 4.98 Å². The highest BCUT2D eigenvalue weighted by molar-refractivity contribution is 7.19. The van der Waals surface area contributed by atoms with Crippen LogP contribution in [0, 0.1) is 0 Å². The van der Waals surface area contributed by atoms with Gasteiger partial charge in [0, 0.05) is 10.4 Å². The summed E-state index contributed by atoms with van der Waals surface area (Å²) in [4.78, 5) is 21.3. The van der Waals surface area contributed by atoms with Gasteiger partial charge >= 0.3 is 0 Å². The lowest BCUT2D eigenvalue weighted by Gasteiger charge is -2.05. The normalized spacial score (nSPS) is 11.3. The van der Waals surface area contributed by atoms with Crippen LogP contribution in [-0.4, -0.2) is 9.97 Å². The molecule has 3 aromatic rings. The van der Waals surface area contributed by atoms with Gasteiger partial charge in [-0.15, -0.1) is 22.9 Å². The zero-order valence-corrected chi connectivity index (χ0v) is 14.6. The van der Waals surface area contributed by atoms with E-state index in [0.29, 0.717) is 26.1 Å². The van der Waals surface area contributed by atoms with Gasteiger partial charge in [-0.05, 0) is 24.1 Å². The molecular formula is C15H11Cl3N2OS. The maximum atomic E-state index is 12.4. The molecule has 2 heterocycles. The van der Waals surface area contributed by atoms with Crippen LogP contribution in [0.1, 0.15) is 17.6 Å². The fourth-order valence-electron chi connectivity index (χ4n) is 2.37. The number of hydrogen-bond donors (Lipinski definition) is 1. The lowest BCUT2D eigenvalue weighted by atomic mass is 10.0. The van der Waals surface area contributed by atoms with Crippen molar-refractivity contribution in [3.63, 3.8) is 0 Å². The van der Waals surface area contributed by atoms with Crippen molar-refractivity contribution in [2.75, 3.05) is 0 Å². The minimum absolute atomic E-state index is 0.173. The zero-order chi connectivity index (χ0) is 15.9. The fourth-order valence-corrected chi connectivity index (χ4v) is 3.94. The molecule has 1 N–H and O–H groups in total. The monoisotopic (exact) mass is 372 g/mol.